The minimum absolute atomic E-state index is 0.0719. The van der Waals surface area contributed by atoms with Gasteiger partial charge in [0.25, 0.3) is 0 Å². The SMILES string of the molecule is CCC1OC(=O)c2cc(-c3ccccc3)ccc21. The number of carbonyl (C=O) groups is 1. The van der Waals surface area contributed by atoms with E-state index in [9.17, 15) is 4.79 Å². The minimum atomic E-state index is -0.199. The zero-order chi connectivity index (χ0) is 12.5. The van der Waals surface area contributed by atoms with E-state index < -0.39 is 0 Å². The van der Waals surface area contributed by atoms with Crippen LogP contribution in [0.15, 0.2) is 48.5 Å². The number of carbonyl (C=O) groups excluding carboxylic acids is 1. The van der Waals surface area contributed by atoms with Crippen molar-refractivity contribution in [3.05, 3.63) is 59.7 Å². The number of cyclic esters (lactones) is 1. The number of hydrogen-bond donors (Lipinski definition) is 0. The van der Waals surface area contributed by atoms with Crippen LogP contribution in [-0.4, -0.2) is 5.97 Å². The Kier molecular flexibility index (Phi) is 2.63. The third-order valence-electron chi connectivity index (χ3n) is 3.35. The fourth-order valence-corrected chi connectivity index (χ4v) is 2.38. The van der Waals surface area contributed by atoms with Gasteiger partial charge in [-0.25, -0.2) is 4.79 Å². The molecule has 0 spiro atoms. The molecular weight excluding hydrogens is 224 g/mol. The minimum Gasteiger partial charge on any atom is -0.454 e. The molecule has 1 atom stereocenters. The van der Waals surface area contributed by atoms with Gasteiger partial charge in [0, 0.05) is 5.56 Å². The zero-order valence-electron chi connectivity index (χ0n) is 10.2. The van der Waals surface area contributed by atoms with E-state index in [1.807, 2.05) is 49.4 Å². The summed E-state index contributed by atoms with van der Waals surface area (Å²) < 4.78 is 5.33. The Morgan fingerprint density at radius 3 is 2.56 bits per heavy atom. The van der Waals surface area contributed by atoms with Crippen LogP contribution in [-0.2, 0) is 4.74 Å². The van der Waals surface area contributed by atoms with Crippen LogP contribution in [0, 0.1) is 0 Å². The first-order chi connectivity index (χ1) is 8.79. The first-order valence-corrected chi connectivity index (χ1v) is 6.20. The lowest BCUT2D eigenvalue weighted by Crippen LogP contribution is -1.96. The Labute approximate surface area is 106 Å². The number of ether oxygens (including phenoxy) is 1. The second kappa shape index (κ2) is 4.30. The molecule has 0 bridgehead atoms. The first kappa shape index (κ1) is 11.0. The highest BCUT2D eigenvalue weighted by Crippen LogP contribution is 2.35. The molecule has 1 heterocycles. The van der Waals surface area contributed by atoms with Gasteiger partial charge >= 0.3 is 5.97 Å². The number of fused-ring (bicyclic) bond motifs is 1. The Balaban J connectivity index is 2.07. The Morgan fingerprint density at radius 1 is 1.06 bits per heavy atom. The van der Waals surface area contributed by atoms with E-state index in [0.29, 0.717) is 5.56 Å². The molecule has 0 N–H and O–H groups in total. The molecule has 0 fully saturated rings. The molecule has 1 aliphatic heterocycles. The van der Waals surface area contributed by atoms with Gasteiger partial charge in [-0.1, -0.05) is 49.4 Å². The van der Waals surface area contributed by atoms with Gasteiger partial charge in [0.1, 0.15) is 6.10 Å². The van der Waals surface area contributed by atoms with Crippen molar-refractivity contribution in [1.29, 1.82) is 0 Å². The molecular formula is C16H14O2. The van der Waals surface area contributed by atoms with E-state index >= 15 is 0 Å². The van der Waals surface area contributed by atoms with Crippen LogP contribution >= 0.6 is 0 Å². The van der Waals surface area contributed by atoms with E-state index in [1.54, 1.807) is 0 Å². The van der Waals surface area contributed by atoms with Crippen LogP contribution in [0.5, 0.6) is 0 Å². The predicted molar refractivity (Wildman–Crippen MR) is 70.3 cm³/mol. The summed E-state index contributed by atoms with van der Waals surface area (Å²) in [4.78, 5) is 11.8. The molecule has 0 saturated heterocycles. The first-order valence-electron chi connectivity index (χ1n) is 6.20. The maximum Gasteiger partial charge on any atom is 0.339 e. The second-order valence-electron chi connectivity index (χ2n) is 4.47. The normalized spacial score (nSPS) is 17.4. The lowest BCUT2D eigenvalue weighted by atomic mass is 9.97. The van der Waals surface area contributed by atoms with Crippen molar-refractivity contribution in [1.82, 2.24) is 0 Å². The molecule has 1 unspecified atom stereocenters. The van der Waals surface area contributed by atoms with Gasteiger partial charge in [0.05, 0.1) is 5.56 Å². The van der Waals surface area contributed by atoms with Gasteiger partial charge in [0.2, 0.25) is 0 Å². The molecule has 18 heavy (non-hydrogen) atoms. The van der Waals surface area contributed by atoms with Crippen molar-refractivity contribution in [3.8, 4) is 11.1 Å². The average Bonchev–Trinajstić information content (AvgIpc) is 2.76. The summed E-state index contributed by atoms with van der Waals surface area (Å²) in [6, 6.07) is 16.1. The molecule has 1 aliphatic rings. The third kappa shape index (κ3) is 1.70. The summed E-state index contributed by atoms with van der Waals surface area (Å²) in [5.74, 6) is -0.199. The van der Waals surface area contributed by atoms with E-state index in [0.717, 1.165) is 23.1 Å². The Hall–Kier alpha value is -2.09. The van der Waals surface area contributed by atoms with Crippen molar-refractivity contribution in [3.63, 3.8) is 0 Å². The molecule has 0 amide bonds. The molecule has 0 saturated carbocycles. The van der Waals surface area contributed by atoms with E-state index in [4.69, 9.17) is 4.74 Å². The Bertz CT molecular complexity index is 587. The second-order valence-corrected chi connectivity index (χ2v) is 4.47. The Morgan fingerprint density at radius 2 is 1.83 bits per heavy atom. The number of hydrogen-bond acceptors (Lipinski definition) is 2. The summed E-state index contributed by atoms with van der Waals surface area (Å²) >= 11 is 0. The predicted octanol–water partition coefficient (Wildman–Crippen LogP) is 3.98. The highest BCUT2D eigenvalue weighted by molar-refractivity contribution is 5.95. The topological polar surface area (TPSA) is 26.3 Å². The lowest BCUT2D eigenvalue weighted by Gasteiger charge is -2.07. The highest BCUT2D eigenvalue weighted by Gasteiger charge is 2.29. The molecule has 90 valence electrons. The molecule has 2 aromatic rings. The largest absolute Gasteiger partial charge is 0.454 e. The van der Waals surface area contributed by atoms with E-state index in [2.05, 4.69) is 6.07 Å². The van der Waals surface area contributed by atoms with Gasteiger partial charge in [-0.2, -0.15) is 0 Å². The molecule has 0 aliphatic carbocycles. The zero-order valence-corrected chi connectivity index (χ0v) is 10.2. The van der Waals surface area contributed by atoms with Crippen molar-refractivity contribution in [2.75, 3.05) is 0 Å². The van der Waals surface area contributed by atoms with Crippen molar-refractivity contribution in [2.45, 2.75) is 19.4 Å². The van der Waals surface area contributed by atoms with E-state index in [1.165, 1.54) is 0 Å². The monoisotopic (exact) mass is 238 g/mol. The van der Waals surface area contributed by atoms with Gasteiger partial charge in [-0.15, -0.1) is 0 Å². The number of esters is 1. The summed E-state index contributed by atoms with van der Waals surface area (Å²) in [5.41, 5.74) is 3.90. The van der Waals surface area contributed by atoms with Gasteiger partial charge < -0.3 is 4.74 Å². The van der Waals surface area contributed by atoms with Crippen molar-refractivity contribution in [2.24, 2.45) is 0 Å². The summed E-state index contributed by atoms with van der Waals surface area (Å²) in [7, 11) is 0. The van der Waals surface area contributed by atoms with E-state index in [-0.39, 0.29) is 12.1 Å². The van der Waals surface area contributed by atoms with Crippen LogP contribution in [0.1, 0.15) is 35.4 Å². The van der Waals surface area contributed by atoms with Crippen LogP contribution in [0.25, 0.3) is 11.1 Å². The number of rotatable bonds is 2. The van der Waals surface area contributed by atoms with Gasteiger partial charge in [0.15, 0.2) is 0 Å². The molecule has 3 rings (SSSR count). The fourth-order valence-electron chi connectivity index (χ4n) is 2.38. The summed E-state index contributed by atoms with van der Waals surface area (Å²) in [5, 5.41) is 0. The molecule has 2 nitrogen and oxygen atoms in total. The van der Waals surface area contributed by atoms with Crippen LogP contribution in [0.4, 0.5) is 0 Å². The quantitative estimate of drug-likeness (QED) is 0.740. The average molecular weight is 238 g/mol. The lowest BCUT2D eigenvalue weighted by molar-refractivity contribution is 0.0378. The molecule has 2 heteroatoms. The highest BCUT2D eigenvalue weighted by atomic mass is 16.5. The van der Waals surface area contributed by atoms with Gasteiger partial charge in [-0.05, 0) is 23.6 Å². The summed E-state index contributed by atoms with van der Waals surface area (Å²) in [6.45, 7) is 2.03. The number of benzene rings is 2. The smallest absolute Gasteiger partial charge is 0.339 e. The van der Waals surface area contributed by atoms with Crippen LogP contribution in [0.3, 0.4) is 0 Å². The maximum atomic E-state index is 11.8. The van der Waals surface area contributed by atoms with Crippen molar-refractivity contribution < 1.29 is 9.53 Å². The third-order valence-corrected chi connectivity index (χ3v) is 3.35. The van der Waals surface area contributed by atoms with Gasteiger partial charge in [-0.3, -0.25) is 0 Å². The van der Waals surface area contributed by atoms with Crippen molar-refractivity contribution >= 4 is 5.97 Å². The maximum absolute atomic E-state index is 11.8. The van der Waals surface area contributed by atoms with Crippen LogP contribution in [0.2, 0.25) is 0 Å². The molecule has 0 radical (unpaired) electrons. The molecule has 0 aromatic heterocycles. The standard InChI is InChI=1S/C16H14O2/c1-2-15-13-9-8-12(10-14(13)16(17)18-15)11-6-4-3-5-7-11/h3-10,15H,2H2,1H3. The van der Waals surface area contributed by atoms with Crippen LogP contribution < -0.4 is 0 Å². The summed E-state index contributed by atoms with van der Waals surface area (Å²) in [6.07, 6.45) is 0.751. The fraction of sp³-hybridized carbons (Fsp3) is 0.188. The molecule has 2 aromatic carbocycles.